The number of methoxy groups -OCH3 is 2. The SMILES string of the molecule is COc1cc(NC(=O)Cn2cccc(C)c2=O)c(OC)cc1Cl. The third kappa shape index (κ3) is 3.84. The summed E-state index contributed by atoms with van der Waals surface area (Å²) in [5.74, 6) is 0.455. The van der Waals surface area contributed by atoms with Gasteiger partial charge in [0.05, 0.1) is 24.9 Å². The number of hydrogen-bond donors (Lipinski definition) is 1. The average Bonchev–Trinajstić information content (AvgIpc) is 2.53. The second kappa shape index (κ2) is 7.19. The van der Waals surface area contributed by atoms with Gasteiger partial charge in [0.25, 0.3) is 5.56 Å². The standard InChI is InChI=1S/C16H17ClN2O4/c1-10-5-4-6-19(16(10)21)9-15(20)18-12-8-13(22-2)11(17)7-14(12)23-3/h4-8H,9H2,1-3H3,(H,18,20). The fourth-order valence-corrected chi connectivity index (χ4v) is 2.31. The molecule has 0 spiro atoms. The summed E-state index contributed by atoms with van der Waals surface area (Å²) in [6.07, 6.45) is 1.56. The highest BCUT2D eigenvalue weighted by Crippen LogP contribution is 2.35. The zero-order valence-corrected chi connectivity index (χ0v) is 13.8. The topological polar surface area (TPSA) is 69.6 Å². The van der Waals surface area contributed by atoms with Crippen LogP contribution in [0.2, 0.25) is 5.02 Å². The van der Waals surface area contributed by atoms with Crippen molar-refractivity contribution in [1.82, 2.24) is 4.57 Å². The predicted octanol–water partition coefficient (Wildman–Crippen LogP) is 2.47. The lowest BCUT2D eigenvalue weighted by Gasteiger charge is -2.13. The Hall–Kier alpha value is -2.47. The van der Waals surface area contributed by atoms with Gasteiger partial charge in [-0.15, -0.1) is 0 Å². The number of ether oxygens (including phenoxy) is 2. The quantitative estimate of drug-likeness (QED) is 0.910. The number of anilines is 1. The number of rotatable bonds is 5. The molecular formula is C16H17ClN2O4. The highest BCUT2D eigenvalue weighted by Gasteiger charge is 2.13. The van der Waals surface area contributed by atoms with Crippen molar-refractivity contribution in [2.75, 3.05) is 19.5 Å². The van der Waals surface area contributed by atoms with Crippen molar-refractivity contribution >= 4 is 23.2 Å². The minimum Gasteiger partial charge on any atom is -0.495 e. The van der Waals surface area contributed by atoms with Crippen molar-refractivity contribution < 1.29 is 14.3 Å². The maximum atomic E-state index is 12.2. The highest BCUT2D eigenvalue weighted by atomic mass is 35.5. The van der Waals surface area contributed by atoms with Crippen molar-refractivity contribution in [3.63, 3.8) is 0 Å². The molecule has 0 aliphatic carbocycles. The largest absolute Gasteiger partial charge is 0.495 e. The van der Waals surface area contributed by atoms with Gasteiger partial charge >= 0.3 is 0 Å². The second-order valence-electron chi connectivity index (χ2n) is 4.86. The van der Waals surface area contributed by atoms with Crippen LogP contribution in [0.3, 0.4) is 0 Å². The molecule has 23 heavy (non-hydrogen) atoms. The Labute approximate surface area is 138 Å². The van der Waals surface area contributed by atoms with E-state index in [1.165, 1.54) is 18.8 Å². The van der Waals surface area contributed by atoms with Crippen LogP contribution in [-0.2, 0) is 11.3 Å². The summed E-state index contributed by atoms with van der Waals surface area (Å²) in [6.45, 7) is 1.60. The molecule has 1 amide bonds. The molecule has 6 nitrogen and oxygen atoms in total. The first-order chi connectivity index (χ1) is 11.0. The average molecular weight is 337 g/mol. The molecule has 0 saturated heterocycles. The summed E-state index contributed by atoms with van der Waals surface area (Å²) in [5, 5.41) is 3.07. The molecule has 0 aliphatic heterocycles. The molecule has 0 saturated carbocycles. The molecule has 2 rings (SSSR count). The number of halogens is 1. The minimum atomic E-state index is -0.361. The van der Waals surface area contributed by atoms with Crippen molar-refractivity contribution in [2.24, 2.45) is 0 Å². The molecule has 0 radical (unpaired) electrons. The van der Waals surface area contributed by atoms with E-state index in [-0.39, 0.29) is 18.0 Å². The summed E-state index contributed by atoms with van der Waals surface area (Å²) in [6, 6.07) is 6.53. The number of nitrogens with zero attached hydrogens (tertiary/aromatic N) is 1. The molecule has 1 N–H and O–H groups in total. The first-order valence-electron chi connectivity index (χ1n) is 6.83. The van der Waals surface area contributed by atoms with Gasteiger partial charge in [-0.05, 0) is 13.0 Å². The number of nitrogens with one attached hydrogen (secondary N) is 1. The second-order valence-corrected chi connectivity index (χ2v) is 5.27. The first-order valence-corrected chi connectivity index (χ1v) is 7.21. The van der Waals surface area contributed by atoms with E-state index in [9.17, 15) is 9.59 Å². The van der Waals surface area contributed by atoms with Gasteiger partial charge < -0.3 is 19.4 Å². The Balaban J connectivity index is 2.23. The van der Waals surface area contributed by atoms with Crippen molar-refractivity contribution in [1.29, 1.82) is 0 Å². The van der Waals surface area contributed by atoms with Crippen LogP contribution >= 0.6 is 11.6 Å². The van der Waals surface area contributed by atoms with E-state index >= 15 is 0 Å². The van der Waals surface area contributed by atoms with E-state index in [2.05, 4.69) is 5.32 Å². The lowest BCUT2D eigenvalue weighted by molar-refractivity contribution is -0.116. The van der Waals surface area contributed by atoms with Crippen molar-refractivity contribution in [3.05, 3.63) is 51.4 Å². The fourth-order valence-electron chi connectivity index (χ4n) is 2.08. The molecule has 2 aromatic rings. The zero-order chi connectivity index (χ0) is 17.0. The Morgan fingerprint density at radius 1 is 1.26 bits per heavy atom. The Bertz CT molecular complexity index is 786. The van der Waals surface area contributed by atoms with Crippen LogP contribution in [-0.4, -0.2) is 24.7 Å². The summed E-state index contributed by atoms with van der Waals surface area (Å²) < 4.78 is 11.7. The number of carbonyl (C=O) groups is 1. The van der Waals surface area contributed by atoms with Gasteiger partial charge in [0, 0.05) is 23.9 Å². The minimum absolute atomic E-state index is 0.103. The van der Waals surface area contributed by atoms with E-state index in [0.717, 1.165) is 0 Å². The van der Waals surface area contributed by atoms with Crippen LogP contribution in [0.4, 0.5) is 5.69 Å². The Morgan fingerprint density at radius 2 is 1.96 bits per heavy atom. The summed E-state index contributed by atoms with van der Waals surface area (Å²) in [7, 11) is 2.95. The number of aromatic nitrogens is 1. The van der Waals surface area contributed by atoms with Crippen LogP contribution in [0.25, 0.3) is 0 Å². The molecular weight excluding hydrogens is 320 g/mol. The van der Waals surface area contributed by atoms with Gasteiger partial charge in [-0.2, -0.15) is 0 Å². The van der Waals surface area contributed by atoms with Crippen molar-refractivity contribution in [2.45, 2.75) is 13.5 Å². The molecule has 1 aromatic heterocycles. The van der Waals surface area contributed by atoms with Crippen LogP contribution in [0.1, 0.15) is 5.56 Å². The molecule has 0 fully saturated rings. The molecule has 1 aromatic carbocycles. The number of aryl methyl sites for hydroxylation is 1. The summed E-state index contributed by atoms with van der Waals surface area (Å²) in [4.78, 5) is 24.1. The highest BCUT2D eigenvalue weighted by molar-refractivity contribution is 6.32. The van der Waals surface area contributed by atoms with Gasteiger partial charge in [-0.1, -0.05) is 17.7 Å². The third-order valence-electron chi connectivity index (χ3n) is 3.27. The maximum absolute atomic E-state index is 12.2. The van der Waals surface area contributed by atoms with E-state index in [0.29, 0.717) is 27.8 Å². The van der Waals surface area contributed by atoms with E-state index in [1.807, 2.05) is 0 Å². The number of pyridine rings is 1. The van der Waals surface area contributed by atoms with E-state index in [4.69, 9.17) is 21.1 Å². The normalized spacial score (nSPS) is 10.3. The molecule has 0 aliphatic rings. The number of amides is 1. The lowest BCUT2D eigenvalue weighted by atomic mass is 10.2. The molecule has 7 heteroatoms. The maximum Gasteiger partial charge on any atom is 0.253 e. The monoisotopic (exact) mass is 336 g/mol. The van der Waals surface area contributed by atoms with Crippen molar-refractivity contribution in [3.8, 4) is 11.5 Å². The third-order valence-corrected chi connectivity index (χ3v) is 3.57. The first kappa shape index (κ1) is 16.9. The van der Waals surface area contributed by atoms with E-state index < -0.39 is 0 Å². The summed E-state index contributed by atoms with van der Waals surface area (Å²) >= 11 is 6.02. The van der Waals surface area contributed by atoms with Crippen LogP contribution in [0.15, 0.2) is 35.3 Å². The van der Waals surface area contributed by atoms with Gasteiger partial charge in [-0.25, -0.2) is 0 Å². The molecule has 1 heterocycles. The van der Waals surface area contributed by atoms with Gasteiger partial charge in [0.1, 0.15) is 18.0 Å². The molecule has 0 bridgehead atoms. The molecule has 0 unspecified atom stereocenters. The van der Waals surface area contributed by atoms with Gasteiger partial charge in [0.2, 0.25) is 5.91 Å². The predicted molar refractivity (Wildman–Crippen MR) is 88.6 cm³/mol. The lowest BCUT2D eigenvalue weighted by Crippen LogP contribution is -2.28. The molecule has 122 valence electrons. The fraction of sp³-hybridized carbons (Fsp3) is 0.250. The number of carbonyl (C=O) groups excluding carboxylic acids is 1. The number of hydrogen-bond acceptors (Lipinski definition) is 4. The Kier molecular flexibility index (Phi) is 5.28. The van der Waals surface area contributed by atoms with Gasteiger partial charge in [0.15, 0.2) is 0 Å². The van der Waals surface area contributed by atoms with Crippen LogP contribution in [0, 0.1) is 6.92 Å². The smallest absolute Gasteiger partial charge is 0.253 e. The molecule has 0 atom stereocenters. The van der Waals surface area contributed by atoms with Crippen LogP contribution < -0.4 is 20.3 Å². The number of benzene rings is 1. The summed E-state index contributed by atoms with van der Waals surface area (Å²) in [5.41, 5.74) is 0.786. The van der Waals surface area contributed by atoms with Gasteiger partial charge in [-0.3, -0.25) is 9.59 Å². The van der Waals surface area contributed by atoms with Crippen LogP contribution in [0.5, 0.6) is 11.5 Å². The zero-order valence-electron chi connectivity index (χ0n) is 13.1. The Morgan fingerprint density at radius 3 is 2.61 bits per heavy atom. The van der Waals surface area contributed by atoms with E-state index in [1.54, 1.807) is 37.4 Å².